The van der Waals surface area contributed by atoms with Gasteiger partial charge in [0.1, 0.15) is 5.75 Å². The fourth-order valence-electron chi connectivity index (χ4n) is 2.39. The minimum atomic E-state index is -0.796. The molecule has 0 unspecified atom stereocenters. The zero-order valence-electron chi connectivity index (χ0n) is 13.9. The maximum Gasteiger partial charge on any atom is 0.303 e. The summed E-state index contributed by atoms with van der Waals surface area (Å²) in [6.45, 7) is 0.506. The molecular weight excluding hydrogens is 386 g/mol. The number of carboxylic acids is 1. The predicted molar refractivity (Wildman–Crippen MR) is 99.1 cm³/mol. The van der Waals surface area contributed by atoms with Gasteiger partial charge in [0, 0.05) is 17.4 Å². The van der Waals surface area contributed by atoms with Crippen molar-refractivity contribution in [1.82, 2.24) is 5.32 Å². The fraction of sp³-hybridized carbons (Fsp3) is 0.263. The van der Waals surface area contributed by atoms with E-state index in [0.29, 0.717) is 30.7 Å². The van der Waals surface area contributed by atoms with Gasteiger partial charge in [0.15, 0.2) is 0 Å². The van der Waals surface area contributed by atoms with Crippen molar-refractivity contribution >= 4 is 27.8 Å². The number of ether oxygens (including phenoxy) is 1. The van der Waals surface area contributed by atoms with Gasteiger partial charge in [0.25, 0.3) is 5.91 Å². The van der Waals surface area contributed by atoms with Crippen LogP contribution < -0.4 is 10.1 Å². The molecule has 2 aromatic carbocycles. The van der Waals surface area contributed by atoms with Crippen LogP contribution in [0.25, 0.3) is 0 Å². The second-order valence-corrected chi connectivity index (χ2v) is 6.48. The number of halogens is 1. The van der Waals surface area contributed by atoms with Gasteiger partial charge in [-0.05, 0) is 42.2 Å². The Morgan fingerprint density at radius 1 is 1.08 bits per heavy atom. The lowest BCUT2D eigenvalue weighted by atomic mass is 10.1. The van der Waals surface area contributed by atoms with Gasteiger partial charge in [-0.2, -0.15) is 0 Å². The summed E-state index contributed by atoms with van der Waals surface area (Å²) >= 11 is 3.35. The van der Waals surface area contributed by atoms with Gasteiger partial charge in [-0.3, -0.25) is 9.59 Å². The van der Waals surface area contributed by atoms with Crippen molar-refractivity contribution in [3.63, 3.8) is 0 Å². The summed E-state index contributed by atoms with van der Waals surface area (Å²) in [5, 5.41) is 11.6. The second kappa shape index (κ2) is 9.22. The minimum Gasteiger partial charge on any atom is -0.496 e. The third-order valence-corrected chi connectivity index (χ3v) is 4.25. The molecule has 0 spiro atoms. The Hall–Kier alpha value is -2.34. The van der Waals surface area contributed by atoms with Crippen LogP contribution in [0.15, 0.2) is 46.9 Å². The summed E-state index contributed by atoms with van der Waals surface area (Å²) in [7, 11) is 1.53. The summed E-state index contributed by atoms with van der Waals surface area (Å²) in [6.07, 6.45) is 1.35. The van der Waals surface area contributed by atoms with Gasteiger partial charge in [-0.25, -0.2) is 0 Å². The van der Waals surface area contributed by atoms with Crippen molar-refractivity contribution in [3.05, 3.63) is 63.6 Å². The topological polar surface area (TPSA) is 75.6 Å². The molecule has 0 bridgehead atoms. The summed E-state index contributed by atoms with van der Waals surface area (Å²) < 4.78 is 6.08. The number of carbonyl (C=O) groups excluding carboxylic acids is 1. The highest BCUT2D eigenvalue weighted by atomic mass is 79.9. The van der Waals surface area contributed by atoms with E-state index in [1.807, 2.05) is 24.3 Å². The Morgan fingerprint density at radius 3 is 2.32 bits per heavy atom. The van der Waals surface area contributed by atoms with Crippen LogP contribution in [0.4, 0.5) is 0 Å². The van der Waals surface area contributed by atoms with Gasteiger partial charge < -0.3 is 15.2 Å². The number of aliphatic carboxylic acids is 1. The van der Waals surface area contributed by atoms with Crippen molar-refractivity contribution in [2.24, 2.45) is 0 Å². The Balaban J connectivity index is 1.86. The number of benzene rings is 2. The molecule has 0 aliphatic rings. The minimum absolute atomic E-state index is 0.129. The van der Waals surface area contributed by atoms with E-state index < -0.39 is 5.97 Å². The smallest absolute Gasteiger partial charge is 0.303 e. The first-order valence-corrected chi connectivity index (χ1v) is 8.70. The first-order chi connectivity index (χ1) is 12.0. The van der Waals surface area contributed by atoms with Gasteiger partial charge in [-0.1, -0.05) is 40.2 Å². The summed E-state index contributed by atoms with van der Waals surface area (Å²) in [5.74, 6) is -0.452. The van der Waals surface area contributed by atoms with E-state index in [0.717, 1.165) is 15.6 Å². The van der Waals surface area contributed by atoms with E-state index in [1.165, 1.54) is 7.11 Å². The number of aryl methyl sites for hydroxylation is 1. The van der Waals surface area contributed by atoms with Gasteiger partial charge in [0.2, 0.25) is 0 Å². The molecule has 0 aliphatic carbocycles. The lowest BCUT2D eigenvalue weighted by Gasteiger charge is -2.10. The molecule has 0 fully saturated rings. The third kappa shape index (κ3) is 5.90. The molecular formula is C19H20BrNO4. The number of rotatable bonds is 8. The van der Waals surface area contributed by atoms with E-state index in [1.54, 1.807) is 18.2 Å². The fourth-order valence-corrected chi connectivity index (χ4v) is 2.73. The molecule has 2 rings (SSSR count). The van der Waals surface area contributed by atoms with Crippen molar-refractivity contribution < 1.29 is 19.4 Å². The largest absolute Gasteiger partial charge is 0.496 e. The molecule has 2 aromatic rings. The average molecular weight is 406 g/mol. The van der Waals surface area contributed by atoms with Gasteiger partial charge in [0.05, 0.1) is 12.7 Å². The lowest BCUT2D eigenvalue weighted by Crippen LogP contribution is -2.26. The maximum atomic E-state index is 12.3. The Kier molecular flexibility index (Phi) is 7.01. The Bertz CT molecular complexity index is 744. The van der Waals surface area contributed by atoms with Crippen molar-refractivity contribution in [1.29, 1.82) is 0 Å². The average Bonchev–Trinajstić information content (AvgIpc) is 2.60. The van der Waals surface area contributed by atoms with Crippen LogP contribution in [0.3, 0.4) is 0 Å². The van der Waals surface area contributed by atoms with Crippen LogP contribution in [-0.2, 0) is 17.6 Å². The highest BCUT2D eigenvalue weighted by Gasteiger charge is 2.12. The molecule has 0 aliphatic heterocycles. The Morgan fingerprint density at radius 2 is 1.72 bits per heavy atom. The molecule has 25 heavy (non-hydrogen) atoms. The summed E-state index contributed by atoms with van der Waals surface area (Å²) in [5.41, 5.74) is 2.58. The van der Waals surface area contributed by atoms with Crippen LogP contribution in [0.1, 0.15) is 27.9 Å². The molecule has 0 aromatic heterocycles. The van der Waals surface area contributed by atoms with Crippen molar-refractivity contribution in [2.75, 3.05) is 13.7 Å². The van der Waals surface area contributed by atoms with Crippen LogP contribution in [0, 0.1) is 0 Å². The SMILES string of the molecule is COc1cc(Br)ccc1C(=O)NCCc1ccc(CCC(=O)O)cc1. The van der Waals surface area contributed by atoms with E-state index in [2.05, 4.69) is 21.2 Å². The van der Waals surface area contributed by atoms with Crippen LogP contribution in [0.2, 0.25) is 0 Å². The predicted octanol–water partition coefficient (Wildman–Crippen LogP) is 3.45. The van der Waals surface area contributed by atoms with E-state index in [4.69, 9.17) is 9.84 Å². The van der Waals surface area contributed by atoms with Crippen molar-refractivity contribution in [2.45, 2.75) is 19.3 Å². The number of carboxylic acid groups (broad SMARTS) is 1. The normalized spacial score (nSPS) is 10.3. The molecule has 0 saturated carbocycles. The van der Waals surface area contributed by atoms with Gasteiger partial charge >= 0.3 is 5.97 Å². The third-order valence-electron chi connectivity index (χ3n) is 3.76. The monoisotopic (exact) mass is 405 g/mol. The standard InChI is InChI=1S/C19H20BrNO4/c1-25-17-12-15(20)7-8-16(17)19(24)21-11-10-14-4-2-13(3-5-14)6-9-18(22)23/h2-5,7-8,12H,6,9-11H2,1H3,(H,21,24)(H,22,23). The van der Waals surface area contributed by atoms with E-state index in [-0.39, 0.29) is 12.3 Å². The first-order valence-electron chi connectivity index (χ1n) is 7.91. The number of hydrogen-bond acceptors (Lipinski definition) is 3. The molecule has 2 N–H and O–H groups in total. The maximum absolute atomic E-state index is 12.3. The molecule has 6 heteroatoms. The Labute approximate surface area is 155 Å². The molecule has 0 atom stereocenters. The highest BCUT2D eigenvalue weighted by molar-refractivity contribution is 9.10. The molecule has 0 radical (unpaired) electrons. The van der Waals surface area contributed by atoms with E-state index >= 15 is 0 Å². The van der Waals surface area contributed by atoms with Crippen LogP contribution >= 0.6 is 15.9 Å². The molecule has 132 valence electrons. The number of nitrogens with one attached hydrogen (secondary N) is 1. The van der Waals surface area contributed by atoms with Crippen LogP contribution in [-0.4, -0.2) is 30.6 Å². The van der Waals surface area contributed by atoms with E-state index in [9.17, 15) is 9.59 Å². The molecule has 1 amide bonds. The zero-order chi connectivity index (χ0) is 18.2. The highest BCUT2D eigenvalue weighted by Crippen LogP contribution is 2.23. The number of amides is 1. The number of carbonyl (C=O) groups is 2. The summed E-state index contributed by atoms with van der Waals surface area (Å²) in [6, 6.07) is 13.1. The lowest BCUT2D eigenvalue weighted by molar-refractivity contribution is -0.136. The second-order valence-electron chi connectivity index (χ2n) is 5.56. The van der Waals surface area contributed by atoms with Crippen molar-refractivity contribution in [3.8, 4) is 5.75 Å². The molecule has 5 nitrogen and oxygen atoms in total. The molecule has 0 saturated heterocycles. The van der Waals surface area contributed by atoms with Crippen LogP contribution in [0.5, 0.6) is 5.75 Å². The quantitative estimate of drug-likeness (QED) is 0.704. The molecule has 0 heterocycles. The number of hydrogen-bond donors (Lipinski definition) is 2. The number of methoxy groups -OCH3 is 1. The summed E-state index contributed by atoms with van der Waals surface area (Å²) in [4.78, 5) is 22.8. The first kappa shape index (κ1) is 19.0. The van der Waals surface area contributed by atoms with Gasteiger partial charge in [-0.15, -0.1) is 0 Å². The zero-order valence-corrected chi connectivity index (χ0v) is 15.5.